The summed E-state index contributed by atoms with van der Waals surface area (Å²) in [5, 5.41) is 2.40. The summed E-state index contributed by atoms with van der Waals surface area (Å²) >= 11 is 0. The van der Waals surface area contributed by atoms with E-state index in [-0.39, 0.29) is 12.1 Å². The van der Waals surface area contributed by atoms with Gasteiger partial charge in [-0.15, -0.1) is 0 Å². The number of rotatable bonds is 4. The lowest BCUT2D eigenvalue weighted by molar-refractivity contribution is -0.144. The number of hydrogen-bond donors (Lipinski definition) is 1. The van der Waals surface area contributed by atoms with Gasteiger partial charge in [0, 0.05) is 6.92 Å². The van der Waals surface area contributed by atoms with Crippen LogP contribution in [-0.4, -0.2) is 43.3 Å². The minimum Gasteiger partial charge on any atom is -0.467 e. The van der Waals surface area contributed by atoms with Gasteiger partial charge in [0.15, 0.2) is 0 Å². The van der Waals surface area contributed by atoms with Crippen LogP contribution in [0.15, 0.2) is 24.3 Å². The molecule has 2 amide bonds. The van der Waals surface area contributed by atoms with E-state index in [1.165, 1.54) is 18.9 Å². The van der Waals surface area contributed by atoms with Crippen molar-refractivity contribution in [3.8, 4) is 0 Å². The summed E-state index contributed by atoms with van der Waals surface area (Å²) in [7, 11) is 1.18. The van der Waals surface area contributed by atoms with Crippen LogP contribution in [0.4, 0.5) is 5.69 Å². The van der Waals surface area contributed by atoms with Gasteiger partial charge in [0.05, 0.1) is 24.9 Å². The Morgan fingerprint density at radius 2 is 1.95 bits per heavy atom. The zero-order chi connectivity index (χ0) is 15.6. The fourth-order valence-electron chi connectivity index (χ4n) is 2.18. The number of methoxy groups -OCH3 is 1. The standard InChI is InChI=1S/C14H14N2O5/c1-8(17)15-10(14(20)21-2)7-16-11-6-4-3-5-9(11)12(18)13(16)19/h3-6,10H,7H2,1-2H3,(H,15,17). The molecule has 1 atom stereocenters. The van der Waals surface area contributed by atoms with Crippen molar-refractivity contribution in [2.45, 2.75) is 13.0 Å². The Morgan fingerprint density at radius 3 is 2.57 bits per heavy atom. The van der Waals surface area contributed by atoms with Crippen LogP contribution < -0.4 is 10.2 Å². The molecular formula is C14H14N2O5. The second-order valence-electron chi connectivity index (χ2n) is 4.54. The Kier molecular flexibility index (Phi) is 4.02. The van der Waals surface area contributed by atoms with E-state index < -0.39 is 29.6 Å². The fraction of sp³-hybridized carbons (Fsp3) is 0.286. The molecule has 0 fully saturated rings. The summed E-state index contributed by atoms with van der Waals surface area (Å²) in [5.74, 6) is -2.47. The number of anilines is 1. The van der Waals surface area contributed by atoms with Crippen LogP contribution in [0.2, 0.25) is 0 Å². The van der Waals surface area contributed by atoms with E-state index in [9.17, 15) is 19.2 Å². The van der Waals surface area contributed by atoms with Gasteiger partial charge < -0.3 is 15.0 Å². The van der Waals surface area contributed by atoms with E-state index in [0.29, 0.717) is 5.69 Å². The quantitative estimate of drug-likeness (QED) is 0.617. The number of carbonyl (C=O) groups excluding carboxylic acids is 4. The Hall–Kier alpha value is -2.70. The number of ketones is 1. The second-order valence-corrected chi connectivity index (χ2v) is 4.54. The molecular weight excluding hydrogens is 276 g/mol. The highest BCUT2D eigenvalue weighted by molar-refractivity contribution is 6.52. The number of benzene rings is 1. The largest absolute Gasteiger partial charge is 0.467 e. The van der Waals surface area contributed by atoms with Crippen LogP contribution in [0, 0.1) is 0 Å². The molecule has 7 nitrogen and oxygen atoms in total. The minimum atomic E-state index is -1.03. The third kappa shape index (κ3) is 2.76. The van der Waals surface area contributed by atoms with Crippen LogP contribution >= 0.6 is 0 Å². The molecule has 0 aromatic heterocycles. The first kappa shape index (κ1) is 14.7. The van der Waals surface area contributed by atoms with Gasteiger partial charge in [-0.05, 0) is 12.1 Å². The van der Waals surface area contributed by atoms with Gasteiger partial charge in [0.25, 0.3) is 11.7 Å². The first-order valence-corrected chi connectivity index (χ1v) is 6.26. The number of hydrogen-bond acceptors (Lipinski definition) is 5. The normalized spacial score (nSPS) is 14.7. The molecule has 1 aliphatic rings. The van der Waals surface area contributed by atoms with Gasteiger partial charge in [-0.2, -0.15) is 0 Å². The third-order valence-corrected chi connectivity index (χ3v) is 3.11. The van der Waals surface area contributed by atoms with Crippen molar-refractivity contribution in [3.63, 3.8) is 0 Å². The fourth-order valence-corrected chi connectivity index (χ4v) is 2.18. The summed E-state index contributed by atoms with van der Waals surface area (Å²) in [5.41, 5.74) is 0.709. The summed E-state index contributed by atoms with van der Waals surface area (Å²) in [6, 6.07) is 5.46. The minimum absolute atomic E-state index is 0.159. The topological polar surface area (TPSA) is 92.8 Å². The highest BCUT2D eigenvalue weighted by Gasteiger charge is 2.38. The smallest absolute Gasteiger partial charge is 0.330 e. The first-order valence-electron chi connectivity index (χ1n) is 6.26. The molecule has 0 radical (unpaired) electrons. The average Bonchev–Trinajstić information content (AvgIpc) is 2.71. The molecule has 0 saturated heterocycles. The predicted octanol–water partition coefficient (Wildman–Crippen LogP) is -0.106. The van der Waals surface area contributed by atoms with Crippen molar-refractivity contribution in [3.05, 3.63) is 29.8 Å². The Balaban J connectivity index is 2.28. The summed E-state index contributed by atoms with van der Waals surface area (Å²) in [6.45, 7) is 1.09. The molecule has 21 heavy (non-hydrogen) atoms. The van der Waals surface area contributed by atoms with Crippen LogP contribution in [0.3, 0.4) is 0 Å². The molecule has 2 rings (SSSR count). The van der Waals surface area contributed by atoms with Crippen molar-refractivity contribution in [2.75, 3.05) is 18.6 Å². The van der Waals surface area contributed by atoms with E-state index in [4.69, 9.17) is 0 Å². The number of esters is 1. The highest BCUT2D eigenvalue weighted by atomic mass is 16.5. The number of ether oxygens (including phenoxy) is 1. The van der Waals surface area contributed by atoms with Crippen molar-refractivity contribution >= 4 is 29.3 Å². The summed E-state index contributed by atoms with van der Waals surface area (Å²) < 4.78 is 4.60. The van der Waals surface area contributed by atoms with Crippen LogP contribution in [0.5, 0.6) is 0 Å². The zero-order valence-corrected chi connectivity index (χ0v) is 11.6. The number of fused-ring (bicyclic) bond motifs is 1. The van der Waals surface area contributed by atoms with Crippen molar-refractivity contribution in [2.24, 2.45) is 0 Å². The number of carbonyl (C=O) groups is 4. The molecule has 1 heterocycles. The average molecular weight is 290 g/mol. The molecule has 7 heteroatoms. The molecule has 1 aromatic carbocycles. The molecule has 0 bridgehead atoms. The number of nitrogens with zero attached hydrogens (tertiary/aromatic N) is 1. The van der Waals surface area contributed by atoms with Crippen molar-refractivity contribution < 1.29 is 23.9 Å². The van der Waals surface area contributed by atoms with E-state index in [2.05, 4.69) is 10.1 Å². The van der Waals surface area contributed by atoms with E-state index in [1.54, 1.807) is 24.3 Å². The van der Waals surface area contributed by atoms with Crippen molar-refractivity contribution in [1.29, 1.82) is 0 Å². The lowest BCUT2D eigenvalue weighted by atomic mass is 10.1. The molecule has 1 unspecified atom stereocenters. The maximum absolute atomic E-state index is 12.0. The Bertz CT molecular complexity index is 626. The summed E-state index contributed by atoms with van der Waals surface area (Å²) in [6.07, 6.45) is 0. The number of nitrogens with one attached hydrogen (secondary N) is 1. The molecule has 0 aliphatic carbocycles. The number of Topliss-reactive ketones (excluding diaryl/α,β-unsaturated/α-hetero) is 1. The third-order valence-electron chi connectivity index (χ3n) is 3.11. The van der Waals surface area contributed by atoms with Crippen LogP contribution in [0.25, 0.3) is 0 Å². The molecule has 0 saturated carbocycles. The second kappa shape index (κ2) is 5.74. The van der Waals surface area contributed by atoms with Crippen LogP contribution in [-0.2, 0) is 19.1 Å². The maximum atomic E-state index is 12.0. The van der Waals surface area contributed by atoms with Crippen molar-refractivity contribution in [1.82, 2.24) is 5.32 Å². The van der Waals surface area contributed by atoms with Gasteiger partial charge in [-0.1, -0.05) is 12.1 Å². The van der Waals surface area contributed by atoms with E-state index >= 15 is 0 Å². The van der Waals surface area contributed by atoms with Crippen LogP contribution in [0.1, 0.15) is 17.3 Å². The molecule has 1 N–H and O–H groups in total. The Morgan fingerprint density at radius 1 is 1.29 bits per heavy atom. The number of amides is 2. The molecule has 1 aliphatic heterocycles. The molecule has 110 valence electrons. The van der Waals surface area contributed by atoms with Gasteiger partial charge in [-0.25, -0.2) is 4.79 Å². The first-order chi connectivity index (χ1) is 9.95. The van der Waals surface area contributed by atoms with Gasteiger partial charge in [0.1, 0.15) is 6.04 Å². The molecule has 0 spiro atoms. The van der Waals surface area contributed by atoms with Gasteiger partial charge >= 0.3 is 5.97 Å². The lowest BCUT2D eigenvalue weighted by Gasteiger charge is -2.22. The number of para-hydroxylation sites is 1. The summed E-state index contributed by atoms with van der Waals surface area (Å²) in [4.78, 5) is 47.9. The lowest BCUT2D eigenvalue weighted by Crippen LogP contribution is -2.49. The van der Waals surface area contributed by atoms with E-state index in [0.717, 1.165) is 0 Å². The zero-order valence-electron chi connectivity index (χ0n) is 11.6. The SMILES string of the molecule is COC(=O)C(CN1C(=O)C(=O)c2ccccc21)NC(C)=O. The van der Waals surface area contributed by atoms with Gasteiger partial charge in [-0.3, -0.25) is 14.4 Å². The molecule has 1 aromatic rings. The maximum Gasteiger partial charge on any atom is 0.330 e. The van der Waals surface area contributed by atoms with Gasteiger partial charge in [0.2, 0.25) is 5.91 Å². The monoisotopic (exact) mass is 290 g/mol. The predicted molar refractivity (Wildman–Crippen MR) is 72.7 cm³/mol. The van der Waals surface area contributed by atoms with E-state index in [1.807, 2.05) is 0 Å². The highest BCUT2D eigenvalue weighted by Crippen LogP contribution is 2.28. The Labute approximate surface area is 120 Å².